The lowest BCUT2D eigenvalue weighted by Crippen LogP contribution is -2.48. The number of nitrogens with one attached hydrogen (secondary N) is 3. The molecule has 6 N–H and O–H groups in total. The van der Waals surface area contributed by atoms with Crippen LogP contribution in [0.5, 0.6) is 0 Å². The number of hydrogen-bond donors (Lipinski definition) is 5. The molecule has 0 fully saturated rings. The molecule has 2 aromatic carbocycles. The molecule has 28 heavy (non-hydrogen) atoms. The Hall–Kier alpha value is -3.30. The third kappa shape index (κ3) is 6.45. The number of hydrogen-bond acceptors (Lipinski definition) is 5. The van der Waals surface area contributed by atoms with Crippen molar-refractivity contribution < 1.29 is 14.7 Å². The van der Waals surface area contributed by atoms with Gasteiger partial charge in [-0.2, -0.15) is 0 Å². The van der Waals surface area contributed by atoms with Crippen LogP contribution in [0.3, 0.4) is 0 Å². The van der Waals surface area contributed by atoms with Crippen LogP contribution in [0.25, 0.3) is 11.1 Å². The van der Waals surface area contributed by atoms with Gasteiger partial charge in [0.05, 0.1) is 12.6 Å². The number of aliphatic carboxylic acids is 1. The van der Waals surface area contributed by atoms with E-state index in [4.69, 9.17) is 28.0 Å². The van der Waals surface area contributed by atoms with Gasteiger partial charge >= 0.3 is 5.97 Å². The predicted molar refractivity (Wildman–Crippen MR) is 105 cm³/mol. The molecule has 0 saturated carbocycles. The Bertz CT molecular complexity index is 885. The lowest BCUT2D eigenvalue weighted by atomic mass is 10.0. The van der Waals surface area contributed by atoms with Gasteiger partial charge in [-0.3, -0.25) is 25.6 Å². The molecule has 0 spiro atoms. The molecule has 10 heteroatoms. The summed E-state index contributed by atoms with van der Waals surface area (Å²) in [6.07, 6.45) is 0.210. The first kappa shape index (κ1) is 21.0. The number of nitrogens with zero attached hydrogens (tertiary/aromatic N) is 2. The summed E-state index contributed by atoms with van der Waals surface area (Å²) in [5.41, 5.74) is 2.71. The number of carboxylic acids is 1. The monoisotopic (exact) mass is 402 g/mol. The van der Waals surface area contributed by atoms with Crippen LogP contribution in [-0.4, -0.2) is 35.5 Å². The standard InChI is InChI=1S/C18H19ClN6O3/c19-14-3-1-2-13(9-14)12-6-4-11(5-7-12)8-15(22-10-16(26)27)17(28)23-18(20)24-25-21/h1-7,9,15,22H,8,10H2,(H,26,27)(H4,20,21,23,24,28)/t15-/m0/s1. The fraction of sp³-hybridized carbons (Fsp3) is 0.167. The quantitative estimate of drug-likeness (QED) is 0.157. The molecule has 0 saturated heterocycles. The maximum atomic E-state index is 12.3. The van der Waals surface area contributed by atoms with Crippen molar-refractivity contribution in [1.82, 2.24) is 10.6 Å². The summed E-state index contributed by atoms with van der Waals surface area (Å²) in [6, 6.07) is 14.0. The van der Waals surface area contributed by atoms with E-state index in [0.29, 0.717) is 5.02 Å². The smallest absolute Gasteiger partial charge is 0.317 e. The summed E-state index contributed by atoms with van der Waals surface area (Å²) in [4.78, 5) is 23.1. The zero-order chi connectivity index (χ0) is 20.5. The van der Waals surface area contributed by atoms with Gasteiger partial charge in [-0.25, -0.2) is 0 Å². The molecule has 2 rings (SSSR count). The number of rotatable bonds is 7. The summed E-state index contributed by atoms with van der Waals surface area (Å²) in [5, 5.41) is 27.9. The fourth-order valence-electron chi connectivity index (χ4n) is 2.49. The molecule has 0 bridgehead atoms. The minimum absolute atomic E-state index is 0.210. The van der Waals surface area contributed by atoms with E-state index >= 15 is 0 Å². The summed E-state index contributed by atoms with van der Waals surface area (Å²) in [5.74, 6) is 2.58. The molecule has 9 nitrogen and oxygen atoms in total. The minimum Gasteiger partial charge on any atom is -0.480 e. The molecule has 0 aliphatic carbocycles. The van der Waals surface area contributed by atoms with E-state index < -0.39 is 30.4 Å². The van der Waals surface area contributed by atoms with Crippen LogP contribution in [0.1, 0.15) is 5.56 Å². The third-order valence-corrected chi connectivity index (χ3v) is 4.00. The largest absolute Gasteiger partial charge is 0.480 e. The summed E-state index contributed by atoms with van der Waals surface area (Å²) in [7, 11) is 0. The molecule has 0 aliphatic heterocycles. The van der Waals surface area contributed by atoms with E-state index in [-0.39, 0.29) is 6.42 Å². The number of carbonyl (C=O) groups excluding carboxylic acids is 1. The van der Waals surface area contributed by atoms with Crippen LogP contribution in [-0.2, 0) is 16.0 Å². The van der Waals surface area contributed by atoms with Crippen molar-refractivity contribution in [2.24, 2.45) is 16.2 Å². The third-order valence-electron chi connectivity index (χ3n) is 3.77. The Morgan fingerprint density at radius 3 is 2.50 bits per heavy atom. The molecule has 1 atom stereocenters. The number of benzene rings is 2. The van der Waals surface area contributed by atoms with Crippen LogP contribution >= 0.6 is 11.6 Å². The minimum atomic E-state index is -1.11. The highest BCUT2D eigenvalue weighted by Crippen LogP contribution is 2.23. The predicted octanol–water partition coefficient (Wildman–Crippen LogP) is 1.97. The van der Waals surface area contributed by atoms with Crippen LogP contribution in [0.15, 0.2) is 58.9 Å². The summed E-state index contributed by atoms with van der Waals surface area (Å²) >= 11 is 6.01. The maximum absolute atomic E-state index is 12.3. The van der Waals surface area contributed by atoms with E-state index in [9.17, 15) is 9.59 Å². The molecular weight excluding hydrogens is 384 g/mol. The van der Waals surface area contributed by atoms with Crippen molar-refractivity contribution in [2.45, 2.75) is 12.5 Å². The van der Waals surface area contributed by atoms with E-state index in [0.717, 1.165) is 16.7 Å². The van der Waals surface area contributed by atoms with E-state index in [1.807, 2.05) is 42.5 Å². The molecule has 146 valence electrons. The molecule has 1 amide bonds. The second-order valence-electron chi connectivity index (χ2n) is 5.79. The van der Waals surface area contributed by atoms with Gasteiger partial charge < -0.3 is 10.9 Å². The topological polar surface area (TPSA) is 153 Å². The van der Waals surface area contributed by atoms with Crippen LogP contribution in [0.2, 0.25) is 5.02 Å². The van der Waals surface area contributed by atoms with E-state index in [1.165, 1.54) is 0 Å². The number of carboxylic acid groups (broad SMARTS) is 1. The SMILES string of the molecule is N=C(/N=N\N)NC(=O)[C@H](Cc1ccc(-c2cccc(Cl)c2)cc1)NCC(=O)O. The number of halogens is 1. The van der Waals surface area contributed by atoms with Gasteiger partial charge in [-0.15, -0.1) is 0 Å². The molecular formula is C18H19ClN6O3. The molecule has 0 unspecified atom stereocenters. The van der Waals surface area contributed by atoms with Crippen LogP contribution in [0, 0.1) is 5.41 Å². The number of nitrogens with two attached hydrogens (primary N) is 1. The Morgan fingerprint density at radius 2 is 1.89 bits per heavy atom. The molecule has 0 aromatic heterocycles. The van der Waals surface area contributed by atoms with Gasteiger partial charge in [-0.1, -0.05) is 58.3 Å². The zero-order valence-corrected chi connectivity index (χ0v) is 15.5. The maximum Gasteiger partial charge on any atom is 0.317 e. The molecule has 0 heterocycles. The van der Waals surface area contributed by atoms with Crippen molar-refractivity contribution in [3.8, 4) is 11.1 Å². The van der Waals surface area contributed by atoms with Gasteiger partial charge in [0.15, 0.2) is 0 Å². The second kappa shape index (κ2) is 10.1. The highest BCUT2D eigenvalue weighted by Gasteiger charge is 2.20. The van der Waals surface area contributed by atoms with E-state index in [2.05, 4.69) is 21.0 Å². The Morgan fingerprint density at radius 1 is 1.18 bits per heavy atom. The lowest BCUT2D eigenvalue weighted by Gasteiger charge is -2.17. The van der Waals surface area contributed by atoms with Crippen molar-refractivity contribution in [3.63, 3.8) is 0 Å². The normalized spacial score (nSPS) is 11.9. The van der Waals surface area contributed by atoms with Crippen molar-refractivity contribution in [1.29, 1.82) is 5.41 Å². The highest BCUT2D eigenvalue weighted by molar-refractivity contribution is 6.30. The van der Waals surface area contributed by atoms with Crippen molar-refractivity contribution in [3.05, 3.63) is 59.1 Å². The van der Waals surface area contributed by atoms with E-state index in [1.54, 1.807) is 6.07 Å². The number of carbonyl (C=O) groups is 2. The average Bonchev–Trinajstić information content (AvgIpc) is 2.65. The first-order chi connectivity index (χ1) is 13.4. The van der Waals surface area contributed by atoms with Gasteiger partial charge in [-0.05, 0) is 35.2 Å². The molecule has 0 aliphatic rings. The first-order valence-corrected chi connectivity index (χ1v) is 8.57. The van der Waals surface area contributed by atoms with Gasteiger partial charge in [0, 0.05) is 5.02 Å². The van der Waals surface area contributed by atoms with Gasteiger partial charge in [0.25, 0.3) is 0 Å². The Kier molecular flexibility index (Phi) is 7.61. The van der Waals surface area contributed by atoms with Crippen LogP contribution in [0.4, 0.5) is 0 Å². The lowest BCUT2D eigenvalue weighted by molar-refractivity contribution is -0.136. The highest BCUT2D eigenvalue weighted by atomic mass is 35.5. The first-order valence-electron chi connectivity index (χ1n) is 8.19. The number of amides is 1. The Balaban J connectivity index is 2.12. The summed E-state index contributed by atoms with van der Waals surface area (Å²) in [6.45, 7) is -0.412. The molecule has 0 radical (unpaired) electrons. The average molecular weight is 403 g/mol. The second-order valence-corrected chi connectivity index (χ2v) is 6.23. The van der Waals surface area contributed by atoms with Crippen molar-refractivity contribution >= 4 is 29.4 Å². The molecule has 2 aromatic rings. The fourth-order valence-corrected chi connectivity index (χ4v) is 2.68. The van der Waals surface area contributed by atoms with Crippen LogP contribution < -0.4 is 16.5 Å². The summed E-state index contributed by atoms with van der Waals surface area (Å²) < 4.78 is 0. The van der Waals surface area contributed by atoms with Crippen molar-refractivity contribution in [2.75, 3.05) is 6.54 Å². The zero-order valence-electron chi connectivity index (χ0n) is 14.7. The van der Waals surface area contributed by atoms with Gasteiger partial charge in [0.2, 0.25) is 11.9 Å². The van der Waals surface area contributed by atoms with Gasteiger partial charge in [0.1, 0.15) is 0 Å². The Labute approximate surface area is 166 Å². The number of guanidine groups is 1.